The van der Waals surface area contributed by atoms with Gasteiger partial charge in [-0.1, -0.05) is 55.6 Å². The summed E-state index contributed by atoms with van der Waals surface area (Å²) < 4.78 is 21.4. The molecule has 0 amide bonds. The van der Waals surface area contributed by atoms with E-state index in [1.165, 1.54) is 0 Å². The molecule has 0 fully saturated rings. The molecular formula is C36H38O8. The highest BCUT2D eigenvalue weighted by Crippen LogP contribution is 2.23. The van der Waals surface area contributed by atoms with Gasteiger partial charge in [0.25, 0.3) is 0 Å². The molecule has 0 aliphatic rings. The fourth-order valence-corrected chi connectivity index (χ4v) is 3.87. The predicted octanol–water partition coefficient (Wildman–Crippen LogP) is 6.39. The Morgan fingerprint density at radius 2 is 1.18 bits per heavy atom. The average Bonchev–Trinajstić information content (AvgIpc) is 3.06. The van der Waals surface area contributed by atoms with Crippen LogP contribution in [0.5, 0.6) is 11.5 Å². The summed E-state index contributed by atoms with van der Waals surface area (Å²) in [6.07, 6.45) is 7.28. The monoisotopic (exact) mass is 598 g/mol. The number of ketones is 1. The lowest BCUT2D eigenvalue weighted by molar-refractivity contribution is -0.140. The third-order valence-electron chi connectivity index (χ3n) is 6.40. The van der Waals surface area contributed by atoms with Crippen molar-refractivity contribution in [3.8, 4) is 22.6 Å². The number of rotatable bonds is 19. The molecular weight excluding hydrogens is 560 g/mol. The average molecular weight is 599 g/mol. The Balaban J connectivity index is 1.38. The Labute approximate surface area is 258 Å². The van der Waals surface area contributed by atoms with Crippen molar-refractivity contribution in [1.29, 1.82) is 0 Å². The summed E-state index contributed by atoms with van der Waals surface area (Å²) in [6.45, 7) is 7.93. The summed E-state index contributed by atoms with van der Waals surface area (Å²) in [7, 11) is 0. The number of aliphatic hydroxyl groups is 1. The van der Waals surface area contributed by atoms with Gasteiger partial charge in [0.2, 0.25) is 0 Å². The van der Waals surface area contributed by atoms with Crippen molar-refractivity contribution < 1.29 is 38.4 Å². The molecule has 0 heterocycles. The maximum Gasteiger partial charge on any atom is 0.335 e. The van der Waals surface area contributed by atoms with E-state index >= 15 is 0 Å². The molecule has 0 aliphatic heterocycles. The van der Waals surface area contributed by atoms with Gasteiger partial charge in [-0.2, -0.15) is 0 Å². The Morgan fingerprint density at radius 1 is 0.682 bits per heavy atom. The Hall–Kier alpha value is -4.95. The summed E-state index contributed by atoms with van der Waals surface area (Å²) in [5.74, 6) is 0.314. The first-order valence-electron chi connectivity index (χ1n) is 14.4. The number of carbonyl (C=O) groups is 3. The van der Waals surface area contributed by atoms with Crippen molar-refractivity contribution >= 4 is 23.8 Å². The van der Waals surface area contributed by atoms with E-state index in [0.717, 1.165) is 41.4 Å². The topological polar surface area (TPSA) is 108 Å². The molecule has 0 aliphatic carbocycles. The predicted molar refractivity (Wildman–Crippen MR) is 169 cm³/mol. The number of esters is 2. The number of benzene rings is 3. The van der Waals surface area contributed by atoms with Crippen LogP contribution in [0.15, 0.2) is 104 Å². The third kappa shape index (κ3) is 11.7. The fraction of sp³-hybridized carbons (Fsp3) is 0.250. The highest BCUT2D eigenvalue weighted by molar-refractivity contribution is 6.06. The minimum absolute atomic E-state index is 0.0451. The van der Waals surface area contributed by atoms with Gasteiger partial charge in [-0.15, -0.1) is 0 Å². The van der Waals surface area contributed by atoms with Gasteiger partial charge < -0.3 is 24.1 Å². The van der Waals surface area contributed by atoms with Crippen LogP contribution < -0.4 is 9.47 Å². The molecule has 8 nitrogen and oxygen atoms in total. The number of unbranched alkanes of at least 4 members (excludes halogenated alkanes) is 2. The van der Waals surface area contributed by atoms with E-state index in [9.17, 15) is 14.4 Å². The standard InChI is InChI=1S/C36H38O8/c1-3-35(39)43-24-6-4-22-42-33-19-15-31(16-20-33)34(38)21-10-28-8-11-29(12-9-28)30-13-17-32(18-14-30)41-23-5-7-25-44-36(40)27(2)26-37/h3,8-21,37H,1-2,4-7,22-26H2/b21-10+. The first-order valence-corrected chi connectivity index (χ1v) is 14.4. The number of hydrogen-bond acceptors (Lipinski definition) is 8. The van der Waals surface area contributed by atoms with E-state index in [1.807, 2.05) is 48.5 Å². The lowest BCUT2D eigenvalue weighted by Gasteiger charge is -2.08. The van der Waals surface area contributed by atoms with E-state index in [2.05, 4.69) is 13.2 Å². The minimum Gasteiger partial charge on any atom is -0.494 e. The zero-order valence-electron chi connectivity index (χ0n) is 24.7. The third-order valence-corrected chi connectivity index (χ3v) is 6.40. The number of carbonyl (C=O) groups excluding carboxylic acids is 3. The molecule has 3 aromatic carbocycles. The first kappa shape index (κ1) is 33.6. The Morgan fingerprint density at radius 3 is 1.73 bits per heavy atom. The van der Waals surface area contributed by atoms with E-state index in [0.29, 0.717) is 44.0 Å². The Bertz CT molecular complexity index is 1400. The molecule has 3 rings (SSSR count). The first-order chi connectivity index (χ1) is 21.4. The van der Waals surface area contributed by atoms with E-state index in [4.69, 9.17) is 24.1 Å². The summed E-state index contributed by atoms with van der Waals surface area (Å²) in [4.78, 5) is 35.1. The van der Waals surface area contributed by atoms with Gasteiger partial charge >= 0.3 is 11.9 Å². The van der Waals surface area contributed by atoms with Gasteiger partial charge in [0.15, 0.2) is 5.78 Å². The second kappa shape index (κ2) is 18.6. The molecule has 3 aromatic rings. The molecule has 0 unspecified atom stereocenters. The van der Waals surface area contributed by atoms with Gasteiger partial charge in [-0.3, -0.25) is 4.79 Å². The highest BCUT2D eigenvalue weighted by atomic mass is 16.5. The van der Waals surface area contributed by atoms with Crippen LogP contribution >= 0.6 is 0 Å². The highest BCUT2D eigenvalue weighted by Gasteiger charge is 2.07. The molecule has 0 saturated heterocycles. The summed E-state index contributed by atoms with van der Waals surface area (Å²) >= 11 is 0. The Kier molecular flexibility index (Phi) is 14.2. The summed E-state index contributed by atoms with van der Waals surface area (Å²) in [6, 6.07) is 22.7. The van der Waals surface area contributed by atoms with E-state index in [1.54, 1.807) is 36.4 Å². The minimum atomic E-state index is -0.578. The zero-order valence-corrected chi connectivity index (χ0v) is 24.7. The molecule has 230 valence electrons. The maximum absolute atomic E-state index is 12.6. The molecule has 1 N–H and O–H groups in total. The second-order valence-electron chi connectivity index (χ2n) is 9.75. The van der Waals surface area contributed by atoms with Gasteiger partial charge in [0.05, 0.1) is 38.6 Å². The molecule has 0 spiro atoms. The number of allylic oxidation sites excluding steroid dienone is 1. The smallest absolute Gasteiger partial charge is 0.335 e. The lowest BCUT2D eigenvalue weighted by Crippen LogP contribution is -2.11. The lowest BCUT2D eigenvalue weighted by atomic mass is 10.0. The van der Waals surface area contributed by atoms with Gasteiger partial charge in [-0.25, -0.2) is 9.59 Å². The molecule has 44 heavy (non-hydrogen) atoms. The maximum atomic E-state index is 12.6. The van der Waals surface area contributed by atoms with Crippen LogP contribution in [0.25, 0.3) is 17.2 Å². The van der Waals surface area contributed by atoms with Crippen LogP contribution in [0, 0.1) is 0 Å². The molecule has 0 atom stereocenters. The molecule has 8 heteroatoms. The van der Waals surface area contributed by atoms with Crippen LogP contribution in [-0.4, -0.2) is 55.9 Å². The van der Waals surface area contributed by atoms with Crippen LogP contribution in [0.2, 0.25) is 0 Å². The summed E-state index contributed by atoms with van der Waals surface area (Å²) in [5, 5.41) is 8.86. The van der Waals surface area contributed by atoms with Crippen LogP contribution in [0.3, 0.4) is 0 Å². The fourth-order valence-electron chi connectivity index (χ4n) is 3.87. The SMILES string of the molecule is C=CC(=O)OCCCCOc1ccc(C(=O)/C=C/c2ccc(-c3ccc(OCCCCOC(=O)C(=C)CO)cc3)cc2)cc1. The van der Waals surface area contributed by atoms with Crippen LogP contribution in [0.1, 0.15) is 41.6 Å². The number of ether oxygens (including phenoxy) is 4. The molecule has 0 saturated carbocycles. The number of hydrogen-bond donors (Lipinski definition) is 1. The van der Waals surface area contributed by atoms with Crippen molar-refractivity contribution in [3.63, 3.8) is 0 Å². The van der Waals surface area contributed by atoms with E-state index in [-0.39, 0.29) is 18.0 Å². The molecule has 0 aromatic heterocycles. The van der Waals surface area contributed by atoms with Crippen LogP contribution in [0.4, 0.5) is 0 Å². The van der Waals surface area contributed by atoms with Crippen molar-refractivity contribution in [2.24, 2.45) is 0 Å². The van der Waals surface area contributed by atoms with Crippen molar-refractivity contribution in [3.05, 3.63) is 115 Å². The normalized spacial score (nSPS) is 10.7. The quantitative estimate of drug-likeness (QED) is 0.0732. The van der Waals surface area contributed by atoms with Gasteiger partial charge in [-0.05, 0) is 84.8 Å². The second-order valence-corrected chi connectivity index (χ2v) is 9.75. The van der Waals surface area contributed by atoms with Crippen molar-refractivity contribution in [1.82, 2.24) is 0 Å². The summed E-state index contributed by atoms with van der Waals surface area (Å²) in [5.41, 5.74) is 3.60. The van der Waals surface area contributed by atoms with Gasteiger partial charge in [0.1, 0.15) is 11.5 Å². The van der Waals surface area contributed by atoms with Crippen molar-refractivity contribution in [2.45, 2.75) is 25.7 Å². The van der Waals surface area contributed by atoms with Gasteiger partial charge in [0, 0.05) is 11.6 Å². The zero-order chi connectivity index (χ0) is 31.6. The molecule has 0 radical (unpaired) electrons. The number of aliphatic hydroxyl groups excluding tert-OH is 1. The van der Waals surface area contributed by atoms with Crippen molar-refractivity contribution in [2.75, 3.05) is 33.0 Å². The van der Waals surface area contributed by atoms with E-state index < -0.39 is 18.5 Å². The largest absolute Gasteiger partial charge is 0.494 e. The van der Waals surface area contributed by atoms with Crippen LogP contribution in [-0.2, 0) is 19.1 Å². The molecule has 0 bridgehead atoms.